The fraction of sp³-hybridized carbons (Fsp3) is 0.222. The average Bonchev–Trinajstić information content (AvgIpc) is 2.58. The summed E-state index contributed by atoms with van der Waals surface area (Å²) in [5.41, 5.74) is 1.65. The monoisotopic (exact) mass is 331 g/mol. The van der Waals surface area contributed by atoms with Gasteiger partial charge in [-0.3, -0.25) is 4.79 Å². The van der Waals surface area contributed by atoms with Gasteiger partial charge in [-0.1, -0.05) is 30.3 Å². The number of hydrogen-bond donors (Lipinski definition) is 1. The van der Waals surface area contributed by atoms with Gasteiger partial charge in [0.25, 0.3) is 5.91 Å². The Morgan fingerprint density at radius 1 is 1.04 bits per heavy atom. The lowest BCUT2D eigenvalue weighted by Gasteiger charge is -2.09. The minimum absolute atomic E-state index is 0.233. The number of halogens is 1. The number of nitrogens with one attached hydrogen (secondary N) is 1. The second-order valence-electron chi connectivity index (χ2n) is 5.12. The summed E-state index contributed by atoms with van der Waals surface area (Å²) in [7, 11) is 0. The van der Waals surface area contributed by atoms with Crippen molar-refractivity contribution in [2.75, 3.05) is 13.2 Å². The Morgan fingerprint density at radius 2 is 1.75 bits per heavy atom. The first kappa shape index (κ1) is 17.5. The summed E-state index contributed by atoms with van der Waals surface area (Å²) < 4.78 is 22.9. The van der Waals surface area contributed by atoms with Gasteiger partial charge in [-0.25, -0.2) is 9.18 Å². The first-order valence-electron chi connectivity index (χ1n) is 7.40. The molecular weight excluding hydrogens is 313 g/mol. The summed E-state index contributed by atoms with van der Waals surface area (Å²) in [5, 5.41) is 2.58. The van der Waals surface area contributed by atoms with Crippen LogP contribution in [0.25, 0.3) is 0 Å². The number of ether oxygens (including phenoxy) is 2. The Kier molecular flexibility index (Phi) is 6.31. The topological polar surface area (TPSA) is 64.6 Å². The number of esters is 1. The molecule has 0 saturated heterocycles. The van der Waals surface area contributed by atoms with Gasteiger partial charge < -0.3 is 14.8 Å². The summed E-state index contributed by atoms with van der Waals surface area (Å²) in [4.78, 5) is 23.2. The molecule has 1 N–H and O–H groups in total. The number of amides is 1. The van der Waals surface area contributed by atoms with Crippen LogP contribution in [0.2, 0.25) is 0 Å². The van der Waals surface area contributed by atoms with E-state index in [-0.39, 0.29) is 19.0 Å². The van der Waals surface area contributed by atoms with Crippen molar-refractivity contribution in [2.45, 2.75) is 13.5 Å². The van der Waals surface area contributed by atoms with Gasteiger partial charge in [0.1, 0.15) is 11.6 Å². The Morgan fingerprint density at radius 3 is 2.46 bits per heavy atom. The molecule has 2 aromatic rings. The molecule has 0 bridgehead atoms. The summed E-state index contributed by atoms with van der Waals surface area (Å²) in [5.74, 6) is -0.818. The van der Waals surface area contributed by atoms with Crippen LogP contribution in [0.5, 0.6) is 5.75 Å². The van der Waals surface area contributed by atoms with E-state index < -0.39 is 18.5 Å². The lowest BCUT2D eigenvalue weighted by molar-refractivity contribution is -0.150. The molecule has 0 aromatic heterocycles. The van der Waals surface area contributed by atoms with Crippen LogP contribution in [0.15, 0.2) is 48.5 Å². The van der Waals surface area contributed by atoms with Crippen LogP contribution < -0.4 is 10.1 Å². The zero-order chi connectivity index (χ0) is 17.4. The molecule has 0 unspecified atom stereocenters. The van der Waals surface area contributed by atoms with Crippen molar-refractivity contribution in [1.82, 2.24) is 5.32 Å². The van der Waals surface area contributed by atoms with Crippen LogP contribution in [-0.2, 0) is 20.9 Å². The van der Waals surface area contributed by atoms with E-state index in [0.29, 0.717) is 5.75 Å². The quantitative estimate of drug-likeness (QED) is 0.791. The van der Waals surface area contributed by atoms with Crippen LogP contribution in [0, 0.1) is 12.7 Å². The molecule has 24 heavy (non-hydrogen) atoms. The number of rotatable bonds is 7. The van der Waals surface area contributed by atoms with Gasteiger partial charge in [-0.15, -0.1) is 0 Å². The number of benzene rings is 2. The van der Waals surface area contributed by atoms with Crippen LogP contribution >= 0.6 is 0 Å². The Labute approximate surface area is 139 Å². The van der Waals surface area contributed by atoms with Crippen molar-refractivity contribution in [3.63, 3.8) is 0 Å². The SMILES string of the molecule is Cc1ccccc1OCC(=O)OCC(=O)NCc1ccc(F)cc1. The summed E-state index contributed by atoms with van der Waals surface area (Å²) in [6.07, 6.45) is 0. The zero-order valence-electron chi connectivity index (χ0n) is 13.3. The fourth-order valence-electron chi connectivity index (χ4n) is 1.90. The van der Waals surface area contributed by atoms with Crippen LogP contribution in [-0.4, -0.2) is 25.1 Å². The van der Waals surface area contributed by atoms with Crippen molar-refractivity contribution in [1.29, 1.82) is 0 Å². The normalized spacial score (nSPS) is 10.1. The van der Waals surface area contributed by atoms with Gasteiger partial charge >= 0.3 is 5.97 Å². The Bertz CT molecular complexity index is 700. The Hall–Kier alpha value is -2.89. The maximum atomic E-state index is 12.8. The smallest absolute Gasteiger partial charge is 0.344 e. The van der Waals surface area contributed by atoms with E-state index in [1.165, 1.54) is 12.1 Å². The van der Waals surface area contributed by atoms with E-state index in [9.17, 15) is 14.0 Å². The van der Waals surface area contributed by atoms with E-state index in [4.69, 9.17) is 9.47 Å². The second kappa shape index (κ2) is 8.67. The van der Waals surface area contributed by atoms with Gasteiger partial charge in [0, 0.05) is 6.54 Å². The second-order valence-corrected chi connectivity index (χ2v) is 5.12. The third kappa shape index (κ3) is 5.72. The molecule has 0 atom stereocenters. The molecule has 0 fully saturated rings. The third-order valence-electron chi connectivity index (χ3n) is 3.21. The van der Waals surface area contributed by atoms with Gasteiger partial charge in [0.2, 0.25) is 0 Å². The highest BCUT2D eigenvalue weighted by molar-refractivity contribution is 5.80. The van der Waals surface area contributed by atoms with E-state index in [0.717, 1.165) is 11.1 Å². The average molecular weight is 331 g/mol. The summed E-state index contributed by atoms with van der Waals surface area (Å²) in [6, 6.07) is 13.0. The molecule has 1 amide bonds. The molecule has 0 saturated carbocycles. The largest absolute Gasteiger partial charge is 0.482 e. The molecule has 0 aliphatic carbocycles. The van der Waals surface area contributed by atoms with E-state index in [1.807, 2.05) is 19.1 Å². The summed E-state index contributed by atoms with van der Waals surface area (Å²) in [6.45, 7) is 1.44. The fourth-order valence-corrected chi connectivity index (χ4v) is 1.90. The number of carbonyl (C=O) groups is 2. The van der Waals surface area contributed by atoms with Crippen LogP contribution in [0.4, 0.5) is 4.39 Å². The molecule has 2 aromatic carbocycles. The van der Waals surface area contributed by atoms with Crippen molar-refractivity contribution in [2.24, 2.45) is 0 Å². The molecule has 126 valence electrons. The van der Waals surface area contributed by atoms with Crippen LogP contribution in [0.3, 0.4) is 0 Å². The van der Waals surface area contributed by atoms with E-state index in [2.05, 4.69) is 5.32 Å². The maximum Gasteiger partial charge on any atom is 0.344 e. The predicted molar refractivity (Wildman–Crippen MR) is 85.9 cm³/mol. The lowest BCUT2D eigenvalue weighted by atomic mass is 10.2. The van der Waals surface area contributed by atoms with Crippen molar-refractivity contribution in [3.05, 3.63) is 65.5 Å². The number of carbonyl (C=O) groups excluding carboxylic acids is 2. The highest BCUT2D eigenvalue weighted by Gasteiger charge is 2.09. The molecular formula is C18H18FNO4. The highest BCUT2D eigenvalue weighted by Crippen LogP contribution is 2.15. The number of hydrogen-bond acceptors (Lipinski definition) is 4. The van der Waals surface area contributed by atoms with Gasteiger partial charge in [-0.05, 0) is 36.2 Å². The first-order chi connectivity index (χ1) is 11.5. The summed E-state index contributed by atoms with van der Waals surface area (Å²) >= 11 is 0. The van der Waals surface area contributed by atoms with Gasteiger partial charge in [-0.2, -0.15) is 0 Å². The molecule has 0 aliphatic rings. The third-order valence-corrected chi connectivity index (χ3v) is 3.21. The highest BCUT2D eigenvalue weighted by atomic mass is 19.1. The molecule has 0 aliphatic heterocycles. The molecule has 0 spiro atoms. The van der Waals surface area contributed by atoms with Crippen molar-refractivity contribution >= 4 is 11.9 Å². The molecule has 2 rings (SSSR count). The van der Waals surface area contributed by atoms with Gasteiger partial charge in [0.05, 0.1) is 0 Å². The predicted octanol–water partition coefficient (Wildman–Crippen LogP) is 2.37. The number of para-hydroxylation sites is 1. The minimum Gasteiger partial charge on any atom is -0.482 e. The lowest BCUT2D eigenvalue weighted by Crippen LogP contribution is -2.29. The van der Waals surface area contributed by atoms with Crippen molar-refractivity contribution < 1.29 is 23.5 Å². The van der Waals surface area contributed by atoms with Crippen molar-refractivity contribution in [3.8, 4) is 5.75 Å². The Balaban J connectivity index is 1.66. The van der Waals surface area contributed by atoms with Crippen LogP contribution in [0.1, 0.15) is 11.1 Å². The van der Waals surface area contributed by atoms with E-state index in [1.54, 1.807) is 24.3 Å². The molecule has 5 nitrogen and oxygen atoms in total. The van der Waals surface area contributed by atoms with E-state index >= 15 is 0 Å². The molecule has 6 heteroatoms. The standard InChI is InChI=1S/C18H18FNO4/c1-13-4-2-3-5-16(13)23-12-18(22)24-11-17(21)20-10-14-6-8-15(19)9-7-14/h2-9H,10-12H2,1H3,(H,20,21). The number of aryl methyl sites for hydroxylation is 1. The minimum atomic E-state index is -0.629. The first-order valence-corrected chi connectivity index (χ1v) is 7.40. The maximum absolute atomic E-state index is 12.8. The molecule has 0 radical (unpaired) electrons. The molecule has 0 heterocycles. The zero-order valence-corrected chi connectivity index (χ0v) is 13.3. The van der Waals surface area contributed by atoms with Gasteiger partial charge in [0.15, 0.2) is 13.2 Å².